The lowest BCUT2D eigenvalue weighted by Gasteiger charge is -2.52. The lowest BCUT2D eigenvalue weighted by molar-refractivity contribution is -0.0154. The number of hydrogen-bond donors (Lipinski definition) is 0. The lowest BCUT2D eigenvalue weighted by atomic mass is 9.68. The molecule has 3 nitrogen and oxygen atoms in total. The Morgan fingerprint density at radius 3 is 2.85 bits per heavy atom. The first-order valence-electron chi connectivity index (χ1n) is 7.38. The Morgan fingerprint density at radius 2 is 2.05 bits per heavy atom. The van der Waals surface area contributed by atoms with Gasteiger partial charge in [-0.3, -0.25) is 9.78 Å². The van der Waals surface area contributed by atoms with Crippen LogP contribution in [0.15, 0.2) is 23.7 Å². The Hall–Kier alpha value is -1.42. The van der Waals surface area contributed by atoms with Gasteiger partial charge in [0, 0.05) is 24.7 Å². The minimum atomic E-state index is 0.156. The molecule has 2 fully saturated rings. The van der Waals surface area contributed by atoms with Crippen LogP contribution in [0, 0.1) is 5.41 Å². The van der Waals surface area contributed by atoms with Crippen molar-refractivity contribution in [3.8, 4) is 0 Å². The molecule has 1 amide bonds. The molecule has 20 heavy (non-hydrogen) atoms. The van der Waals surface area contributed by atoms with Crippen LogP contribution in [-0.2, 0) is 0 Å². The van der Waals surface area contributed by atoms with E-state index in [1.807, 2.05) is 22.4 Å². The van der Waals surface area contributed by atoms with Crippen LogP contribution in [0.4, 0.5) is 0 Å². The molecule has 104 valence electrons. The number of amides is 1. The molecule has 2 aliphatic rings. The van der Waals surface area contributed by atoms with E-state index < -0.39 is 0 Å². The zero-order valence-corrected chi connectivity index (χ0v) is 12.3. The highest BCUT2D eigenvalue weighted by atomic mass is 32.1. The molecule has 4 heteroatoms. The SMILES string of the molecule is O=C(c1cnc2ccsc2c1)N1CC2(CCCCC2)C1. The van der Waals surface area contributed by atoms with E-state index in [1.165, 1.54) is 32.1 Å². The standard InChI is InChI=1S/C16H18N2OS/c19-15(12-8-14-13(17-9-12)4-7-20-14)18-10-16(11-18)5-2-1-3-6-16/h4,7-9H,1-3,5-6,10-11H2. The van der Waals surface area contributed by atoms with Crippen LogP contribution in [0.3, 0.4) is 0 Å². The van der Waals surface area contributed by atoms with Gasteiger partial charge in [-0.25, -0.2) is 0 Å². The summed E-state index contributed by atoms with van der Waals surface area (Å²) in [6.45, 7) is 1.91. The minimum Gasteiger partial charge on any atom is -0.337 e. The van der Waals surface area contributed by atoms with Gasteiger partial charge in [-0.15, -0.1) is 11.3 Å². The Morgan fingerprint density at radius 1 is 1.25 bits per heavy atom. The molecule has 0 N–H and O–H groups in total. The molecule has 0 aromatic carbocycles. The summed E-state index contributed by atoms with van der Waals surface area (Å²) < 4.78 is 1.10. The normalized spacial score (nSPS) is 21.1. The van der Waals surface area contributed by atoms with Gasteiger partial charge in [0.1, 0.15) is 0 Å². The molecule has 3 heterocycles. The van der Waals surface area contributed by atoms with Gasteiger partial charge in [0.2, 0.25) is 0 Å². The molecule has 1 aliphatic carbocycles. The number of pyridine rings is 1. The van der Waals surface area contributed by atoms with Crippen molar-refractivity contribution in [2.75, 3.05) is 13.1 Å². The van der Waals surface area contributed by atoms with Gasteiger partial charge < -0.3 is 4.90 Å². The fourth-order valence-corrected chi connectivity index (χ4v) is 4.45. The fourth-order valence-electron chi connectivity index (χ4n) is 3.67. The van der Waals surface area contributed by atoms with Gasteiger partial charge in [-0.2, -0.15) is 0 Å². The highest BCUT2D eigenvalue weighted by molar-refractivity contribution is 7.17. The van der Waals surface area contributed by atoms with Crippen molar-refractivity contribution < 1.29 is 4.79 Å². The summed E-state index contributed by atoms with van der Waals surface area (Å²) in [5.74, 6) is 0.156. The third-order valence-electron chi connectivity index (χ3n) is 4.80. The zero-order chi connectivity index (χ0) is 13.6. The van der Waals surface area contributed by atoms with E-state index in [4.69, 9.17) is 0 Å². The number of nitrogens with zero attached hydrogens (tertiary/aromatic N) is 2. The molecule has 0 unspecified atom stereocenters. The first kappa shape index (κ1) is 12.3. The summed E-state index contributed by atoms with van der Waals surface area (Å²) >= 11 is 1.64. The maximum atomic E-state index is 12.5. The first-order valence-corrected chi connectivity index (χ1v) is 8.26. The minimum absolute atomic E-state index is 0.156. The highest BCUT2D eigenvalue weighted by Gasteiger charge is 2.45. The molecule has 2 aromatic rings. The molecule has 1 saturated heterocycles. The number of likely N-dealkylation sites (tertiary alicyclic amines) is 1. The highest BCUT2D eigenvalue weighted by Crippen LogP contribution is 2.44. The second kappa shape index (κ2) is 4.55. The number of carbonyl (C=O) groups is 1. The van der Waals surface area contributed by atoms with Crippen molar-refractivity contribution in [2.24, 2.45) is 5.41 Å². The predicted octanol–water partition coefficient (Wildman–Crippen LogP) is 3.70. The number of carbonyl (C=O) groups excluding carboxylic acids is 1. The topological polar surface area (TPSA) is 33.2 Å². The average molecular weight is 286 g/mol. The van der Waals surface area contributed by atoms with Gasteiger partial charge in [0.05, 0.1) is 15.8 Å². The van der Waals surface area contributed by atoms with Gasteiger partial charge >= 0.3 is 0 Å². The van der Waals surface area contributed by atoms with Crippen LogP contribution in [0.25, 0.3) is 10.2 Å². The number of thiophene rings is 1. The monoisotopic (exact) mass is 286 g/mol. The molecule has 0 atom stereocenters. The molecular weight excluding hydrogens is 268 g/mol. The van der Waals surface area contributed by atoms with Gasteiger partial charge in [-0.05, 0) is 30.4 Å². The first-order chi connectivity index (χ1) is 9.76. The van der Waals surface area contributed by atoms with Gasteiger partial charge in [-0.1, -0.05) is 19.3 Å². The summed E-state index contributed by atoms with van der Waals surface area (Å²) in [6.07, 6.45) is 8.38. The van der Waals surface area contributed by atoms with Gasteiger partial charge in [0.15, 0.2) is 0 Å². The average Bonchev–Trinajstić information content (AvgIpc) is 2.92. The Bertz CT molecular complexity index is 649. The van der Waals surface area contributed by atoms with Crippen molar-refractivity contribution in [1.29, 1.82) is 0 Å². The van der Waals surface area contributed by atoms with Crippen LogP contribution < -0.4 is 0 Å². The Kier molecular flexibility index (Phi) is 2.81. The quantitative estimate of drug-likeness (QED) is 0.801. The van der Waals surface area contributed by atoms with E-state index in [-0.39, 0.29) is 5.91 Å². The summed E-state index contributed by atoms with van der Waals surface area (Å²) in [6, 6.07) is 3.98. The molecule has 1 aliphatic heterocycles. The zero-order valence-electron chi connectivity index (χ0n) is 11.5. The van der Waals surface area contributed by atoms with E-state index in [9.17, 15) is 4.79 Å². The summed E-state index contributed by atoms with van der Waals surface area (Å²) in [7, 11) is 0. The largest absolute Gasteiger partial charge is 0.337 e. The van der Waals surface area contributed by atoms with E-state index in [0.717, 1.165) is 28.9 Å². The maximum Gasteiger partial charge on any atom is 0.255 e. The van der Waals surface area contributed by atoms with Crippen molar-refractivity contribution >= 4 is 27.5 Å². The molecule has 0 bridgehead atoms. The van der Waals surface area contributed by atoms with Crippen LogP contribution in [0.5, 0.6) is 0 Å². The van der Waals surface area contributed by atoms with Crippen LogP contribution in [0.1, 0.15) is 42.5 Å². The molecule has 4 rings (SSSR count). The smallest absolute Gasteiger partial charge is 0.255 e. The van der Waals surface area contributed by atoms with Crippen LogP contribution in [-0.4, -0.2) is 28.9 Å². The van der Waals surface area contributed by atoms with Crippen molar-refractivity contribution in [3.05, 3.63) is 29.3 Å². The second-order valence-corrected chi connectivity index (χ2v) is 7.20. The maximum absolute atomic E-state index is 12.5. The van der Waals surface area contributed by atoms with Crippen molar-refractivity contribution in [1.82, 2.24) is 9.88 Å². The van der Waals surface area contributed by atoms with E-state index >= 15 is 0 Å². The number of rotatable bonds is 1. The van der Waals surface area contributed by atoms with E-state index in [2.05, 4.69) is 4.98 Å². The Labute approximate surface area is 122 Å². The fraction of sp³-hybridized carbons (Fsp3) is 0.500. The molecular formula is C16H18N2OS. The number of aromatic nitrogens is 1. The summed E-state index contributed by atoms with van der Waals surface area (Å²) in [4.78, 5) is 18.9. The Balaban J connectivity index is 1.50. The summed E-state index contributed by atoms with van der Waals surface area (Å²) in [5, 5.41) is 2.02. The number of hydrogen-bond acceptors (Lipinski definition) is 3. The van der Waals surface area contributed by atoms with Crippen molar-refractivity contribution in [3.63, 3.8) is 0 Å². The predicted molar refractivity (Wildman–Crippen MR) is 81.0 cm³/mol. The third-order valence-corrected chi connectivity index (χ3v) is 5.66. The molecule has 1 spiro atoms. The number of fused-ring (bicyclic) bond motifs is 1. The van der Waals surface area contributed by atoms with Gasteiger partial charge in [0.25, 0.3) is 5.91 Å². The molecule has 0 radical (unpaired) electrons. The lowest BCUT2D eigenvalue weighted by Crippen LogP contribution is -2.59. The molecule has 2 aromatic heterocycles. The third kappa shape index (κ3) is 1.94. The van der Waals surface area contributed by atoms with Crippen LogP contribution in [0.2, 0.25) is 0 Å². The van der Waals surface area contributed by atoms with Crippen molar-refractivity contribution in [2.45, 2.75) is 32.1 Å². The van der Waals surface area contributed by atoms with E-state index in [1.54, 1.807) is 17.5 Å². The second-order valence-electron chi connectivity index (χ2n) is 6.25. The van der Waals surface area contributed by atoms with E-state index in [0.29, 0.717) is 5.41 Å². The molecule has 1 saturated carbocycles. The van der Waals surface area contributed by atoms with Crippen LogP contribution >= 0.6 is 11.3 Å². The summed E-state index contributed by atoms with van der Waals surface area (Å²) in [5.41, 5.74) is 2.18.